The maximum Gasteiger partial charge on any atom is 0.223 e. The molecular formula is C26H32ClN3O. The molecule has 0 bridgehead atoms. The number of rotatable bonds is 7. The van der Waals surface area contributed by atoms with Crippen molar-refractivity contribution in [2.75, 3.05) is 13.1 Å². The summed E-state index contributed by atoms with van der Waals surface area (Å²) in [7, 11) is 0. The minimum Gasteiger partial charge on any atom is -0.353 e. The summed E-state index contributed by atoms with van der Waals surface area (Å²) in [5.74, 6) is 0.367. The van der Waals surface area contributed by atoms with Gasteiger partial charge in [-0.05, 0) is 74.5 Å². The lowest BCUT2D eigenvalue weighted by atomic mass is 9.95. The van der Waals surface area contributed by atoms with Crippen LogP contribution in [0.4, 0.5) is 0 Å². The number of nitrogens with one attached hydrogen (secondary N) is 1. The molecule has 0 aliphatic carbocycles. The first-order valence-corrected chi connectivity index (χ1v) is 11.8. The van der Waals surface area contributed by atoms with Gasteiger partial charge in [0.1, 0.15) is 0 Å². The maximum absolute atomic E-state index is 12.5. The summed E-state index contributed by atoms with van der Waals surface area (Å²) in [6.07, 6.45) is 2.83. The van der Waals surface area contributed by atoms with Crippen molar-refractivity contribution in [2.45, 2.75) is 52.2 Å². The molecule has 0 spiro atoms. The first-order chi connectivity index (χ1) is 15.0. The van der Waals surface area contributed by atoms with E-state index in [-0.39, 0.29) is 17.9 Å². The average molecular weight is 438 g/mol. The molecule has 2 aromatic carbocycles. The molecule has 1 atom stereocenters. The number of para-hydroxylation sites is 1. The third-order valence-electron chi connectivity index (χ3n) is 6.47. The Morgan fingerprint density at radius 2 is 1.87 bits per heavy atom. The van der Waals surface area contributed by atoms with E-state index in [4.69, 9.17) is 11.6 Å². The van der Waals surface area contributed by atoms with Gasteiger partial charge in [-0.15, -0.1) is 0 Å². The summed E-state index contributed by atoms with van der Waals surface area (Å²) in [5.41, 5.74) is 3.76. The molecular weight excluding hydrogens is 406 g/mol. The predicted molar refractivity (Wildman–Crippen MR) is 128 cm³/mol. The molecule has 1 unspecified atom stereocenters. The molecule has 0 radical (unpaired) electrons. The molecule has 164 valence electrons. The number of aromatic nitrogens is 1. The van der Waals surface area contributed by atoms with Crippen molar-refractivity contribution in [3.63, 3.8) is 0 Å². The molecule has 4 nitrogen and oxygen atoms in total. The van der Waals surface area contributed by atoms with Crippen LogP contribution in [0.1, 0.15) is 44.4 Å². The van der Waals surface area contributed by atoms with Gasteiger partial charge in [0.2, 0.25) is 5.91 Å². The molecule has 1 aliphatic heterocycles. The van der Waals surface area contributed by atoms with Crippen molar-refractivity contribution in [2.24, 2.45) is 5.92 Å². The highest BCUT2D eigenvalue weighted by molar-refractivity contribution is 6.30. The second kappa shape index (κ2) is 9.88. The molecule has 1 fully saturated rings. The number of carbonyl (C=O) groups excluding carboxylic acids is 1. The van der Waals surface area contributed by atoms with Crippen LogP contribution in [0, 0.1) is 5.92 Å². The second-order valence-electron chi connectivity index (χ2n) is 8.78. The summed E-state index contributed by atoms with van der Waals surface area (Å²) in [6.45, 7) is 7.79. The van der Waals surface area contributed by atoms with E-state index in [0.29, 0.717) is 0 Å². The van der Waals surface area contributed by atoms with Crippen molar-refractivity contribution in [1.29, 1.82) is 0 Å². The van der Waals surface area contributed by atoms with Gasteiger partial charge in [-0.2, -0.15) is 0 Å². The minimum atomic E-state index is 0.141. The van der Waals surface area contributed by atoms with E-state index in [2.05, 4.69) is 65.0 Å². The van der Waals surface area contributed by atoms with Crippen LogP contribution in [0.3, 0.4) is 0 Å². The van der Waals surface area contributed by atoms with Crippen LogP contribution in [0.2, 0.25) is 5.02 Å². The number of benzene rings is 2. The van der Waals surface area contributed by atoms with Crippen LogP contribution in [0.25, 0.3) is 10.9 Å². The topological polar surface area (TPSA) is 37.3 Å². The van der Waals surface area contributed by atoms with Gasteiger partial charge in [-0.25, -0.2) is 0 Å². The van der Waals surface area contributed by atoms with Crippen molar-refractivity contribution in [3.05, 3.63) is 70.9 Å². The molecule has 4 rings (SSSR count). The molecule has 1 amide bonds. The Kier molecular flexibility index (Phi) is 6.99. The molecule has 1 saturated heterocycles. The lowest BCUT2D eigenvalue weighted by Crippen LogP contribution is -2.42. The lowest BCUT2D eigenvalue weighted by molar-refractivity contribution is -0.127. The van der Waals surface area contributed by atoms with Gasteiger partial charge in [-0.3, -0.25) is 9.69 Å². The predicted octanol–water partition coefficient (Wildman–Crippen LogP) is 5.47. The van der Waals surface area contributed by atoms with Crippen LogP contribution < -0.4 is 5.32 Å². The number of hydrogen-bond acceptors (Lipinski definition) is 2. The second-order valence-corrected chi connectivity index (χ2v) is 9.22. The number of carbonyl (C=O) groups is 1. The zero-order valence-electron chi connectivity index (χ0n) is 18.5. The van der Waals surface area contributed by atoms with E-state index in [1.54, 1.807) is 0 Å². The summed E-state index contributed by atoms with van der Waals surface area (Å²) in [5, 5.41) is 5.19. The Hall–Kier alpha value is -2.30. The van der Waals surface area contributed by atoms with Crippen LogP contribution in [-0.4, -0.2) is 34.5 Å². The third-order valence-corrected chi connectivity index (χ3v) is 6.71. The Bertz CT molecular complexity index is 1040. The van der Waals surface area contributed by atoms with Crippen LogP contribution in [-0.2, 0) is 17.9 Å². The highest BCUT2D eigenvalue weighted by Gasteiger charge is 2.26. The van der Waals surface area contributed by atoms with Gasteiger partial charge < -0.3 is 9.88 Å². The minimum absolute atomic E-state index is 0.141. The number of fused-ring (bicyclic) bond motifs is 1. The summed E-state index contributed by atoms with van der Waals surface area (Å²) in [6, 6.07) is 19.2. The van der Waals surface area contributed by atoms with Crippen LogP contribution >= 0.6 is 11.6 Å². The van der Waals surface area contributed by atoms with E-state index in [0.717, 1.165) is 50.5 Å². The molecule has 1 N–H and O–H groups in total. The summed E-state index contributed by atoms with van der Waals surface area (Å²) in [4.78, 5) is 15.0. The van der Waals surface area contributed by atoms with Gasteiger partial charge >= 0.3 is 0 Å². The average Bonchev–Trinajstić information content (AvgIpc) is 3.11. The largest absolute Gasteiger partial charge is 0.353 e. The van der Waals surface area contributed by atoms with E-state index in [1.807, 2.05) is 18.2 Å². The standard InChI is InChI=1S/C26H32ClN3O/c1-3-19(2)28-26(31)21-11-13-29(14-12-21)18-24-16-22-8-4-5-10-25(22)30(24)17-20-7-6-9-23(27)15-20/h4-10,15-16,19,21H,3,11-14,17-18H2,1-2H3,(H,28,31). The van der Waals surface area contributed by atoms with Gasteiger partial charge in [0, 0.05) is 41.3 Å². The SMILES string of the molecule is CCC(C)NC(=O)C1CCN(Cc2cc3ccccc3n2Cc2cccc(Cl)c2)CC1. The number of hydrogen-bond donors (Lipinski definition) is 1. The van der Waals surface area contributed by atoms with Gasteiger partial charge in [-0.1, -0.05) is 48.9 Å². The van der Waals surface area contributed by atoms with Gasteiger partial charge in [0.25, 0.3) is 0 Å². The van der Waals surface area contributed by atoms with Gasteiger partial charge in [0.15, 0.2) is 0 Å². The fourth-order valence-corrected chi connectivity index (χ4v) is 4.66. The zero-order chi connectivity index (χ0) is 21.8. The van der Waals surface area contributed by atoms with E-state index < -0.39 is 0 Å². The van der Waals surface area contributed by atoms with Crippen molar-refractivity contribution in [1.82, 2.24) is 14.8 Å². The van der Waals surface area contributed by atoms with E-state index >= 15 is 0 Å². The monoisotopic (exact) mass is 437 g/mol. The van der Waals surface area contributed by atoms with Crippen LogP contribution in [0.5, 0.6) is 0 Å². The zero-order valence-corrected chi connectivity index (χ0v) is 19.2. The molecule has 2 heterocycles. The maximum atomic E-state index is 12.5. The first kappa shape index (κ1) is 21.9. The number of halogens is 1. The third kappa shape index (κ3) is 5.31. The van der Waals surface area contributed by atoms with E-state index in [9.17, 15) is 4.79 Å². The number of likely N-dealkylation sites (tertiary alicyclic amines) is 1. The number of nitrogens with zero attached hydrogens (tertiary/aromatic N) is 2. The molecule has 31 heavy (non-hydrogen) atoms. The summed E-state index contributed by atoms with van der Waals surface area (Å²) < 4.78 is 2.41. The quantitative estimate of drug-likeness (QED) is 0.532. The van der Waals surface area contributed by atoms with Crippen molar-refractivity contribution < 1.29 is 4.79 Å². The fourth-order valence-electron chi connectivity index (χ4n) is 4.45. The molecule has 0 saturated carbocycles. The highest BCUT2D eigenvalue weighted by Crippen LogP contribution is 2.25. The smallest absolute Gasteiger partial charge is 0.223 e. The molecule has 1 aromatic heterocycles. The van der Waals surface area contributed by atoms with Crippen molar-refractivity contribution in [3.8, 4) is 0 Å². The molecule has 5 heteroatoms. The highest BCUT2D eigenvalue weighted by atomic mass is 35.5. The molecule has 3 aromatic rings. The Labute approximate surface area is 190 Å². The fraction of sp³-hybridized carbons (Fsp3) is 0.423. The Morgan fingerprint density at radius 1 is 1.10 bits per heavy atom. The molecule has 1 aliphatic rings. The normalized spacial score (nSPS) is 16.5. The Morgan fingerprint density at radius 3 is 2.61 bits per heavy atom. The van der Waals surface area contributed by atoms with E-state index in [1.165, 1.54) is 22.2 Å². The van der Waals surface area contributed by atoms with Crippen LogP contribution in [0.15, 0.2) is 54.6 Å². The van der Waals surface area contributed by atoms with Gasteiger partial charge in [0.05, 0.1) is 0 Å². The Balaban J connectivity index is 1.47. The number of amides is 1. The first-order valence-electron chi connectivity index (χ1n) is 11.4. The number of piperidine rings is 1. The summed E-state index contributed by atoms with van der Waals surface area (Å²) >= 11 is 6.23. The van der Waals surface area contributed by atoms with Crippen molar-refractivity contribution >= 4 is 28.4 Å². The lowest BCUT2D eigenvalue weighted by Gasteiger charge is -2.32.